The molecule has 0 aromatic rings. The van der Waals surface area contributed by atoms with E-state index < -0.39 is 0 Å². The summed E-state index contributed by atoms with van der Waals surface area (Å²) < 4.78 is 10.2. The second kappa shape index (κ2) is 19.6. The minimum atomic E-state index is -0.0276. The van der Waals surface area contributed by atoms with Gasteiger partial charge in [-0.2, -0.15) is 0 Å². The highest BCUT2D eigenvalue weighted by atomic mass is 27.2. The maximum Gasteiger partial charge on any atom is 0.404 e. The van der Waals surface area contributed by atoms with Gasteiger partial charge in [0, 0.05) is 0 Å². The van der Waals surface area contributed by atoms with Crippen LogP contribution in [0, 0.1) is 0 Å². The second-order valence-corrected chi connectivity index (χ2v) is 9.90. The fraction of sp³-hybridized carbons (Fsp3) is 1.00. The van der Waals surface area contributed by atoms with Crippen molar-refractivity contribution >= 4 is 64.4 Å². The SMILES string of the molecule is CCC[CH2][AlH][O][AlH2].CC[CH2][AlH][O][AlH2]. The maximum absolute atomic E-state index is 5.12. The molecule has 0 unspecified atom stereocenters. The number of unbranched alkanes of at least 4 members (excludes halogenated alkanes) is 1. The standard InChI is InChI=1S/C4H9.C3H7.4Al.2O.6H/c1-3-4-2;1-3-2;;;;;;;;;;;;/h1,3-4H2,2H3;1,3H2,2H3;;;;;;;;;;;;. The Morgan fingerprint density at radius 1 is 0.923 bits per heavy atom. The summed E-state index contributed by atoms with van der Waals surface area (Å²) in [7, 11) is 0. The molecular weight excluding hydrogens is 224 g/mol. The van der Waals surface area contributed by atoms with Gasteiger partial charge in [-0.15, -0.1) is 0 Å². The Morgan fingerprint density at radius 2 is 1.46 bits per heavy atom. The van der Waals surface area contributed by atoms with Gasteiger partial charge in [0.2, 0.25) is 0 Å². The molecule has 13 heavy (non-hydrogen) atoms. The van der Waals surface area contributed by atoms with Gasteiger partial charge in [-0.1, -0.05) is 43.7 Å². The third-order valence-corrected chi connectivity index (χ3v) is 6.70. The van der Waals surface area contributed by atoms with Crippen LogP contribution in [0.5, 0.6) is 0 Å². The first kappa shape index (κ1) is 17.4. The second-order valence-electron chi connectivity index (χ2n) is 3.05. The van der Waals surface area contributed by atoms with Gasteiger partial charge in [-0.05, 0) is 0 Å². The van der Waals surface area contributed by atoms with Gasteiger partial charge in [0.15, 0.2) is 0 Å². The van der Waals surface area contributed by atoms with Crippen LogP contribution >= 0.6 is 0 Å². The molecule has 0 amide bonds. The molecule has 0 bridgehead atoms. The summed E-state index contributed by atoms with van der Waals surface area (Å²) >= 11 is 1.89. The Bertz CT molecular complexity index is 67.5. The van der Waals surface area contributed by atoms with Crippen molar-refractivity contribution in [2.45, 2.75) is 43.7 Å². The van der Waals surface area contributed by atoms with E-state index in [9.17, 15) is 0 Å². The molecule has 0 aliphatic heterocycles. The minimum absolute atomic E-state index is 0.0166. The van der Waals surface area contributed by atoms with Crippen molar-refractivity contribution in [1.29, 1.82) is 0 Å². The predicted molar refractivity (Wildman–Crippen MR) is 68.4 cm³/mol. The average molecular weight is 246 g/mol. The number of hydrogen-bond acceptors (Lipinski definition) is 2. The Balaban J connectivity index is 0. The van der Waals surface area contributed by atoms with E-state index in [1.807, 2.05) is 0 Å². The lowest BCUT2D eigenvalue weighted by atomic mass is 10.4. The molecular formula is C7H22Al4O2. The van der Waals surface area contributed by atoms with Crippen LogP contribution in [0.1, 0.15) is 33.1 Å². The highest BCUT2D eigenvalue weighted by Gasteiger charge is 1.86. The molecule has 0 radical (unpaired) electrons. The van der Waals surface area contributed by atoms with Crippen molar-refractivity contribution in [2.24, 2.45) is 0 Å². The highest BCUT2D eigenvalue weighted by molar-refractivity contribution is 6.34. The summed E-state index contributed by atoms with van der Waals surface area (Å²) in [5.74, 6) is 0. The third kappa shape index (κ3) is 24.9. The minimum Gasteiger partial charge on any atom is -0.644 e. The van der Waals surface area contributed by atoms with Crippen LogP contribution in [-0.4, -0.2) is 64.4 Å². The molecule has 0 aliphatic carbocycles. The molecule has 0 rings (SSSR count). The molecule has 0 spiro atoms. The van der Waals surface area contributed by atoms with E-state index in [0.717, 1.165) is 33.2 Å². The van der Waals surface area contributed by atoms with E-state index in [1.54, 1.807) is 0 Å². The van der Waals surface area contributed by atoms with E-state index in [0.29, 0.717) is 0 Å². The van der Waals surface area contributed by atoms with Crippen LogP contribution in [0.3, 0.4) is 0 Å². The fourth-order valence-corrected chi connectivity index (χ4v) is 4.09. The summed E-state index contributed by atoms with van der Waals surface area (Å²) in [5, 5.41) is 2.75. The van der Waals surface area contributed by atoms with Crippen molar-refractivity contribution in [3.8, 4) is 0 Å². The van der Waals surface area contributed by atoms with E-state index in [2.05, 4.69) is 13.8 Å². The summed E-state index contributed by atoms with van der Waals surface area (Å²) in [6, 6.07) is 0. The lowest BCUT2D eigenvalue weighted by Crippen LogP contribution is -1.92. The number of hydrogen-bond donors (Lipinski definition) is 0. The predicted octanol–water partition coefficient (Wildman–Crippen LogP) is -0.148. The van der Waals surface area contributed by atoms with Crippen LogP contribution in [0.15, 0.2) is 0 Å². The van der Waals surface area contributed by atoms with Crippen molar-refractivity contribution in [2.75, 3.05) is 0 Å². The summed E-state index contributed by atoms with van der Waals surface area (Å²) in [4.78, 5) is 0. The molecule has 6 heteroatoms. The van der Waals surface area contributed by atoms with E-state index in [-0.39, 0.29) is 31.1 Å². The van der Waals surface area contributed by atoms with Crippen LogP contribution in [0.2, 0.25) is 10.6 Å². The van der Waals surface area contributed by atoms with Gasteiger partial charge in [0.25, 0.3) is 0 Å². The summed E-state index contributed by atoms with van der Waals surface area (Å²) in [5.41, 5.74) is 0. The van der Waals surface area contributed by atoms with Crippen LogP contribution in [0.25, 0.3) is 0 Å². The quantitative estimate of drug-likeness (QED) is 0.459. The highest BCUT2D eigenvalue weighted by Crippen LogP contribution is 1.91. The lowest BCUT2D eigenvalue weighted by molar-refractivity contribution is 0.652. The van der Waals surface area contributed by atoms with Gasteiger partial charge in [0.05, 0.1) is 0 Å². The molecule has 0 fully saturated rings. The van der Waals surface area contributed by atoms with Gasteiger partial charge in [-0.3, -0.25) is 0 Å². The Kier molecular flexibility index (Phi) is 26.3. The molecule has 0 aromatic carbocycles. The molecule has 74 valence electrons. The first-order chi connectivity index (χ1) is 6.33. The molecule has 0 aromatic heterocycles. The molecule has 0 N–H and O–H groups in total. The average Bonchev–Trinajstić information content (AvgIpc) is 2.17. The Labute approximate surface area is 113 Å². The molecule has 0 saturated carbocycles. The molecule has 0 saturated heterocycles. The fourth-order valence-electron chi connectivity index (χ4n) is 0.785. The molecule has 2 nitrogen and oxygen atoms in total. The molecule has 0 aliphatic rings. The topological polar surface area (TPSA) is 18.5 Å². The third-order valence-electron chi connectivity index (χ3n) is 1.65. The zero-order valence-corrected chi connectivity index (χ0v) is 16.6. The largest absolute Gasteiger partial charge is 0.644 e. The van der Waals surface area contributed by atoms with Crippen LogP contribution in [-0.2, 0) is 5.68 Å². The Morgan fingerprint density at radius 3 is 1.77 bits per heavy atom. The first-order valence-electron chi connectivity index (χ1n) is 5.31. The van der Waals surface area contributed by atoms with Gasteiger partial charge >= 0.3 is 64.4 Å². The van der Waals surface area contributed by atoms with E-state index >= 15 is 0 Å². The number of rotatable bonds is 7. The van der Waals surface area contributed by atoms with Gasteiger partial charge < -0.3 is 5.68 Å². The molecule has 0 heterocycles. The first-order valence-corrected chi connectivity index (χ1v) is 10.1. The van der Waals surface area contributed by atoms with Crippen molar-refractivity contribution < 1.29 is 5.68 Å². The monoisotopic (exact) mass is 246 g/mol. The summed E-state index contributed by atoms with van der Waals surface area (Å²) in [6.45, 7) is 4.43. The van der Waals surface area contributed by atoms with Crippen molar-refractivity contribution in [3.63, 3.8) is 0 Å². The van der Waals surface area contributed by atoms with E-state index in [1.165, 1.54) is 29.8 Å². The molecule has 0 atom stereocenters. The Hall–Kier alpha value is 2.05. The normalized spacial score (nSPS) is 8.46. The summed E-state index contributed by atoms with van der Waals surface area (Å²) in [6.07, 6.45) is 4.03. The van der Waals surface area contributed by atoms with Gasteiger partial charge in [-0.25, -0.2) is 0 Å². The van der Waals surface area contributed by atoms with Crippen molar-refractivity contribution in [1.82, 2.24) is 0 Å². The van der Waals surface area contributed by atoms with Crippen molar-refractivity contribution in [3.05, 3.63) is 0 Å². The maximum atomic E-state index is 5.12. The smallest absolute Gasteiger partial charge is 0.404 e. The van der Waals surface area contributed by atoms with Gasteiger partial charge in [0.1, 0.15) is 0 Å². The van der Waals surface area contributed by atoms with Crippen LogP contribution < -0.4 is 0 Å². The van der Waals surface area contributed by atoms with E-state index in [4.69, 9.17) is 5.68 Å². The van der Waals surface area contributed by atoms with Crippen LogP contribution in [0.4, 0.5) is 0 Å². The zero-order valence-electron chi connectivity index (χ0n) is 9.77. The lowest BCUT2D eigenvalue weighted by Gasteiger charge is -1.91. The zero-order chi connectivity index (χ0) is 10.4.